The molecule has 1 amide bonds. The molecular formula is C27H25IN2O2S. The van der Waals surface area contributed by atoms with Crippen LogP contribution in [0.2, 0.25) is 0 Å². The van der Waals surface area contributed by atoms with E-state index in [1.54, 1.807) is 11.3 Å². The van der Waals surface area contributed by atoms with Gasteiger partial charge in [-0.1, -0.05) is 43.5 Å². The number of carbonyl (C=O) groups excluding carboxylic acids is 1. The van der Waals surface area contributed by atoms with Gasteiger partial charge in [0.2, 0.25) is 0 Å². The number of halogens is 1. The van der Waals surface area contributed by atoms with Gasteiger partial charge in [0, 0.05) is 9.13 Å². The highest BCUT2D eigenvalue weighted by Gasteiger charge is 2.16. The number of aromatic nitrogens is 1. The molecule has 5 rings (SSSR count). The first kappa shape index (κ1) is 22.3. The Bertz CT molecular complexity index is 1230. The lowest BCUT2D eigenvalue weighted by atomic mass is 9.84. The van der Waals surface area contributed by atoms with Crippen molar-refractivity contribution in [1.82, 2.24) is 4.98 Å². The average molecular weight is 568 g/mol. The fraction of sp³-hybridized carbons (Fsp3) is 0.259. The molecule has 1 heterocycles. The van der Waals surface area contributed by atoms with Crippen LogP contribution in [0.1, 0.15) is 43.6 Å². The van der Waals surface area contributed by atoms with Crippen molar-refractivity contribution in [3.63, 3.8) is 0 Å². The second-order valence-electron chi connectivity index (χ2n) is 8.42. The summed E-state index contributed by atoms with van der Waals surface area (Å²) in [4.78, 5) is 17.5. The maximum absolute atomic E-state index is 12.7. The first-order valence-electron chi connectivity index (χ1n) is 11.3. The predicted molar refractivity (Wildman–Crippen MR) is 144 cm³/mol. The van der Waals surface area contributed by atoms with Gasteiger partial charge in [-0.3, -0.25) is 4.79 Å². The van der Waals surface area contributed by atoms with E-state index in [0.29, 0.717) is 5.92 Å². The Morgan fingerprint density at radius 1 is 1.03 bits per heavy atom. The number of amides is 1. The van der Waals surface area contributed by atoms with Crippen molar-refractivity contribution in [3.05, 3.63) is 75.9 Å². The summed E-state index contributed by atoms with van der Waals surface area (Å²) in [5, 5.41) is 3.91. The van der Waals surface area contributed by atoms with Crippen LogP contribution in [0.4, 0.5) is 5.69 Å². The van der Waals surface area contributed by atoms with E-state index in [1.165, 1.54) is 37.7 Å². The molecule has 0 atom stereocenters. The number of ether oxygens (including phenoxy) is 1. The number of nitrogens with one attached hydrogen (secondary N) is 1. The molecule has 1 aromatic heterocycles. The van der Waals surface area contributed by atoms with Crippen molar-refractivity contribution in [2.45, 2.75) is 38.0 Å². The van der Waals surface area contributed by atoms with Crippen molar-refractivity contribution in [3.8, 4) is 16.3 Å². The summed E-state index contributed by atoms with van der Waals surface area (Å²) in [6.45, 7) is -0.0337. The van der Waals surface area contributed by atoms with Crippen molar-refractivity contribution in [1.29, 1.82) is 0 Å². The van der Waals surface area contributed by atoms with E-state index in [-0.39, 0.29) is 12.5 Å². The number of hydrogen-bond acceptors (Lipinski definition) is 4. The first-order chi connectivity index (χ1) is 16.2. The van der Waals surface area contributed by atoms with Gasteiger partial charge in [0.05, 0.1) is 15.9 Å². The highest BCUT2D eigenvalue weighted by atomic mass is 127. The van der Waals surface area contributed by atoms with Crippen molar-refractivity contribution >= 4 is 55.7 Å². The van der Waals surface area contributed by atoms with Crippen LogP contribution in [0.3, 0.4) is 0 Å². The number of thiazole rings is 1. The number of fused-ring (bicyclic) bond motifs is 1. The lowest BCUT2D eigenvalue weighted by molar-refractivity contribution is -0.118. The molecular weight excluding hydrogens is 543 g/mol. The number of hydrogen-bond donors (Lipinski definition) is 1. The molecule has 33 heavy (non-hydrogen) atoms. The molecule has 0 unspecified atom stereocenters. The number of rotatable bonds is 6. The second-order valence-corrected chi connectivity index (χ2v) is 10.7. The maximum atomic E-state index is 12.7. The van der Waals surface area contributed by atoms with Crippen LogP contribution < -0.4 is 10.1 Å². The fourth-order valence-electron chi connectivity index (χ4n) is 4.40. The molecule has 1 fully saturated rings. The molecule has 0 saturated heterocycles. The van der Waals surface area contributed by atoms with Gasteiger partial charge in [0.25, 0.3) is 5.91 Å². The summed E-state index contributed by atoms with van der Waals surface area (Å²) in [5.41, 5.74) is 4.02. The first-order valence-corrected chi connectivity index (χ1v) is 13.2. The molecule has 0 spiro atoms. The molecule has 0 aliphatic heterocycles. The molecule has 1 N–H and O–H groups in total. The van der Waals surface area contributed by atoms with Crippen LogP contribution in [-0.2, 0) is 4.79 Å². The summed E-state index contributed by atoms with van der Waals surface area (Å²) >= 11 is 3.91. The second kappa shape index (κ2) is 10.2. The fourth-order valence-corrected chi connectivity index (χ4v) is 5.88. The van der Waals surface area contributed by atoms with Crippen molar-refractivity contribution in [2.75, 3.05) is 11.9 Å². The lowest BCUT2D eigenvalue weighted by Crippen LogP contribution is -2.20. The molecule has 6 heteroatoms. The highest BCUT2D eigenvalue weighted by Crippen LogP contribution is 2.36. The summed E-state index contributed by atoms with van der Waals surface area (Å²) in [5.74, 6) is 1.20. The SMILES string of the molecule is O=C(COc1ccc(C2CCCCC2)cc1)Nc1ccc(I)cc1-c1nc2ccccc2s1. The largest absolute Gasteiger partial charge is 0.484 e. The van der Waals surface area contributed by atoms with Gasteiger partial charge < -0.3 is 10.1 Å². The molecule has 0 radical (unpaired) electrons. The van der Waals surface area contributed by atoms with Gasteiger partial charge >= 0.3 is 0 Å². The van der Waals surface area contributed by atoms with E-state index in [9.17, 15) is 4.79 Å². The Labute approximate surface area is 211 Å². The Morgan fingerprint density at radius 3 is 2.61 bits per heavy atom. The van der Waals surface area contributed by atoms with E-state index in [4.69, 9.17) is 9.72 Å². The van der Waals surface area contributed by atoms with Crippen LogP contribution in [0, 0.1) is 3.57 Å². The quantitative estimate of drug-likeness (QED) is 0.243. The highest BCUT2D eigenvalue weighted by molar-refractivity contribution is 14.1. The summed E-state index contributed by atoms with van der Waals surface area (Å²) in [6.07, 6.45) is 6.54. The standard InChI is InChI=1S/C27H25IN2O2S/c28-20-12-15-23(22(16-20)27-30-24-8-4-5-9-25(24)33-27)29-26(31)17-32-21-13-10-19(11-14-21)18-6-2-1-3-7-18/h4-5,8-16,18H,1-3,6-7,17H2,(H,29,31). The number of nitrogens with zero attached hydrogens (tertiary/aromatic N) is 1. The van der Waals surface area contributed by atoms with Crippen LogP contribution in [0.25, 0.3) is 20.8 Å². The van der Waals surface area contributed by atoms with Crippen LogP contribution in [0.5, 0.6) is 5.75 Å². The Morgan fingerprint density at radius 2 is 1.82 bits per heavy atom. The van der Waals surface area contributed by atoms with E-state index < -0.39 is 0 Å². The average Bonchev–Trinajstić information content (AvgIpc) is 3.29. The van der Waals surface area contributed by atoms with E-state index in [1.807, 2.05) is 42.5 Å². The monoisotopic (exact) mass is 568 g/mol. The van der Waals surface area contributed by atoms with Crippen LogP contribution in [0.15, 0.2) is 66.7 Å². The minimum absolute atomic E-state index is 0.0337. The third-order valence-electron chi connectivity index (χ3n) is 6.11. The summed E-state index contributed by atoms with van der Waals surface area (Å²) in [7, 11) is 0. The third-order valence-corrected chi connectivity index (χ3v) is 7.85. The van der Waals surface area contributed by atoms with Gasteiger partial charge in [-0.15, -0.1) is 11.3 Å². The summed E-state index contributed by atoms with van der Waals surface area (Å²) < 4.78 is 7.99. The molecule has 1 saturated carbocycles. The number of carbonyl (C=O) groups is 1. The van der Waals surface area contributed by atoms with Crippen LogP contribution >= 0.6 is 33.9 Å². The van der Waals surface area contributed by atoms with Gasteiger partial charge in [-0.05, 0) is 89.4 Å². The van der Waals surface area contributed by atoms with Crippen LogP contribution in [-0.4, -0.2) is 17.5 Å². The Hall–Kier alpha value is -2.45. The van der Waals surface area contributed by atoms with Gasteiger partial charge in [0.1, 0.15) is 10.8 Å². The molecule has 1 aliphatic rings. The zero-order valence-corrected chi connectivity index (χ0v) is 21.2. The number of benzene rings is 3. The summed E-state index contributed by atoms with van der Waals surface area (Å²) in [6, 6.07) is 22.3. The van der Waals surface area contributed by atoms with E-state index in [2.05, 4.69) is 52.2 Å². The molecule has 4 nitrogen and oxygen atoms in total. The smallest absolute Gasteiger partial charge is 0.262 e. The van der Waals surface area contributed by atoms with E-state index in [0.717, 1.165) is 35.8 Å². The lowest BCUT2D eigenvalue weighted by Gasteiger charge is -2.22. The zero-order chi connectivity index (χ0) is 22.6. The Balaban J connectivity index is 1.25. The predicted octanol–water partition coefficient (Wildman–Crippen LogP) is 7.63. The zero-order valence-electron chi connectivity index (χ0n) is 18.2. The van der Waals surface area contributed by atoms with Gasteiger partial charge in [0.15, 0.2) is 6.61 Å². The molecule has 1 aliphatic carbocycles. The topological polar surface area (TPSA) is 51.2 Å². The van der Waals surface area contributed by atoms with E-state index >= 15 is 0 Å². The third kappa shape index (κ3) is 5.38. The Kier molecular flexibility index (Phi) is 6.92. The maximum Gasteiger partial charge on any atom is 0.262 e. The molecule has 168 valence electrons. The minimum Gasteiger partial charge on any atom is -0.484 e. The number of para-hydroxylation sites is 1. The number of anilines is 1. The van der Waals surface area contributed by atoms with Gasteiger partial charge in [-0.2, -0.15) is 0 Å². The van der Waals surface area contributed by atoms with Gasteiger partial charge in [-0.25, -0.2) is 4.98 Å². The molecule has 3 aromatic carbocycles. The molecule has 4 aromatic rings. The normalized spacial score (nSPS) is 14.3. The molecule has 0 bridgehead atoms. The van der Waals surface area contributed by atoms with Crippen molar-refractivity contribution < 1.29 is 9.53 Å². The van der Waals surface area contributed by atoms with Crippen molar-refractivity contribution in [2.24, 2.45) is 0 Å². The minimum atomic E-state index is -0.185.